The molecule has 1 amide bonds. The van der Waals surface area contributed by atoms with Crippen LogP contribution in [0.15, 0.2) is 47.5 Å². The van der Waals surface area contributed by atoms with Crippen LogP contribution in [-0.2, 0) is 6.54 Å². The highest BCUT2D eigenvalue weighted by Gasteiger charge is 2.31. The molecule has 0 bridgehead atoms. The summed E-state index contributed by atoms with van der Waals surface area (Å²) < 4.78 is 54.6. The second-order valence-corrected chi connectivity index (χ2v) is 7.64. The number of alkyl halides is 3. The fourth-order valence-corrected chi connectivity index (χ4v) is 3.79. The first-order valence-electron chi connectivity index (χ1n) is 9.03. The molecule has 0 aliphatic rings. The topological polar surface area (TPSA) is 51.2 Å². The molecular weight excluding hydrogens is 420 g/mol. The highest BCUT2D eigenvalue weighted by Crippen LogP contribution is 2.32. The monoisotopic (exact) mass is 438 g/mol. The minimum Gasteiger partial charge on any atom is -0.406 e. The molecule has 0 atom stereocenters. The Morgan fingerprint density at radius 1 is 1.17 bits per heavy atom. The lowest BCUT2D eigenvalue weighted by Crippen LogP contribution is -2.25. The van der Waals surface area contributed by atoms with Crippen molar-refractivity contribution in [1.82, 2.24) is 10.3 Å². The van der Waals surface area contributed by atoms with Crippen LogP contribution in [0.4, 0.5) is 17.6 Å². The van der Waals surface area contributed by atoms with Gasteiger partial charge in [0.15, 0.2) is 0 Å². The van der Waals surface area contributed by atoms with Gasteiger partial charge >= 0.3 is 6.36 Å². The van der Waals surface area contributed by atoms with Gasteiger partial charge in [0.2, 0.25) is 0 Å². The molecule has 1 N–H and O–H groups in total. The van der Waals surface area contributed by atoms with Gasteiger partial charge in [-0.3, -0.25) is 4.79 Å². The van der Waals surface area contributed by atoms with Crippen LogP contribution in [0.5, 0.6) is 5.75 Å². The van der Waals surface area contributed by atoms with E-state index in [1.54, 1.807) is 19.1 Å². The molecule has 1 heterocycles. The molecule has 158 valence electrons. The summed E-state index contributed by atoms with van der Waals surface area (Å²) in [5.41, 5.74) is 2.00. The van der Waals surface area contributed by atoms with Gasteiger partial charge in [-0.2, -0.15) is 0 Å². The Morgan fingerprint density at radius 2 is 1.87 bits per heavy atom. The summed E-state index contributed by atoms with van der Waals surface area (Å²) in [5, 5.41) is 3.77. The van der Waals surface area contributed by atoms with Crippen molar-refractivity contribution in [3.8, 4) is 5.75 Å². The number of ether oxygens (including phenoxy) is 1. The fourth-order valence-electron chi connectivity index (χ4n) is 2.96. The molecule has 9 heteroatoms. The Kier molecular flexibility index (Phi) is 6.50. The van der Waals surface area contributed by atoms with Gasteiger partial charge in [0.05, 0.1) is 11.1 Å². The van der Waals surface area contributed by atoms with Gasteiger partial charge in [-0.25, -0.2) is 9.37 Å². The molecule has 0 aliphatic heterocycles. The largest absolute Gasteiger partial charge is 0.573 e. The average Bonchev–Trinajstić information content (AvgIpc) is 2.66. The van der Waals surface area contributed by atoms with Crippen molar-refractivity contribution in [2.24, 2.45) is 0 Å². The van der Waals surface area contributed by atoms with E-state index in [0.29, 0.717) is 32.8 Å². The highest BCUT2D eigenvalue weighted by atomic mass is 32.2. The third-order valence-corrected chi connectivity index (χ3v) is 5.15. The van der Waals surface area contributed by atoms with Crippen molar-refractivity contribution in [2.45, 2.75) is 31.8 Å². The number of fused-ring (bicyclic) bond motifs is 1. The number of hydrogen-bond acceptors (Lipinski definition) is 4. The van der Waals surface area contributed by atoms with E-state index in [2.05, 4.69) is 15.0 Å². The van der Waals surface area contributed by atoms with Crippen LogP contribution >= 0.6 is 11.8 Å². The zero-order valence-electron chi connectivity index (χ0n) is 16.1. The molecule has 4 nitrogen and oxygen atoms in total. The summed E-state index contributed by atoms with van der Waals surface area (Å²) in [6, 6.07) is 9.62. The first-order chi connectivity index (χ1) is 14.2. The smallest absolute Gasteiger partial charge is 0.406 e. The van der Waals surface area contributed by atoms with E-state index in [1.165, 1.54) is 42.1 Å². The van der Waals surface area contributed by atoms with E-state index in [9.17, 15) is 22.4 Å². The minimum atomic E-state index is -4.80. The fraction of sp³-hybridized carbons (Fsp3) is 0.238. The molecule has 0 saturated heterocycles. The van der Waals surface area contributed by atoms with Gasteiger partial charge in [-0.15, -0.1) is 24.9 Å². The van der Waals surface area contributed by atoms with Gasteiger partial charge in [0.1, 0.15) is 16.6 Å². The van der Waals surface area contributed by atoms with Gasteiger partial charge in [-0.05, 0) is 48.1 Å². The number of carbonyl (C=O) groups excluding carboxylic acids is 1. The highest BCUT2D eigenvalue weighted by molar-refractivity contribution is 7.99. The second kappa shape index (κ2) is 8.91. The lowest BCUT2D eigenvalue weighted by atomic mass is 10.0. The Morgan fingerprint density at radius 3 is 2.50 bits per heavy atom. The van der Waals surface area contributed by atoms with Crippen molar-refractivity contribution < 1.29 is 27.1 Å². The number of hydrogen-bond donors (Lipinski definition) is 1. The Labute approximate surface area is 174 Å². The first kappa shape index (κ1) is 21.9. The zero-order chi connectivity index (χ0) is 21.9. The number of benzene rings is 2. The third kappa shape index (κ3) is 5.21. The lowest BCUT2D eigenvalue weighted by Gasteiger charge is -2.15. The minimum absolute atomic E-state index is 0.200. The number of rotatable bonds is 6. The molecule has 0 spiro atoms. The SMILES string of the molecule is CCSc1nc2cc(OC(F)(F)F)ccc2c(C)c1C(=O)NCc1ccc(F)cc1. The maximum Gasteiger partial charge on any atom is 0.573 e. The van der Waals surface area contributed by atoms with Crippen molar-refractivity contribution in [3.05, 3.63) is 65.0 Å². The van der Waals surface area contributed by atoms with E-state index >= 15 is 0 Å². The predicted molar refractivity (Wildman–Crippen MR) is 107 cm³/mol. The molecule has 3 rings (SSSR count). The molecule has 30 heavy (non-hydrogen) atoms. The first-order valence-corrected chi connectivity index (χ1v) is 10.0. The number of nitrogens with one attached hydrogen (secondary N) is 1. The third-order valence-electron chi connectivity index (χ3n) is 4.29. The van der Waals surface area contributed by atoms with E-state index in [4.69, 9.17) is 0 Å². The normalized spacial score (nSPS) is 11.5. The summed E-state index contributed by atoms with van der Waals surface area (Å²) in [6.45, 7) is 3.81. The van der Waals surface area contributed by atoms with Crippen LogP contribution in [0, 0.1) is 12.7 Å². The van der Waals surface area contributed by atoms with Gasteiger partial charge < -0.3 is 10.1 Å². The van der Waals surface area contributed by atoms with Gasteiger partial charge in [0.25, 0.3) is 5.91 Å². The number of amides is 1. The van der Waals surface area contributed by atoms with Gasteiger partial charge in [-0.1, -0.05) is 19.1 Å². The summed E-state index contributed by atoms with van der Waals surface area (Å²) in [6.07, 6.45) is -4.80. The Balaban J connectivity index is 1.94. The van der Waals surface area contributed by atoms with Crippen LogP contribution in [0.1, 0.15) is 28.4 Å². The van der Waals surface area contributed by atoms with Crippen molar-refractivity contribution in [1.29, 1.82) is 0 Å². The van der Waals surface area contributed by atoms with E-state index in [1.807, 2.05) is 6.92 Å². The number of halogens is 4. The van der Waals surface area contributed by atoms with Crippen molar-refractivity contribution in [2.75, 3.05) is 5.75 Å². The van der Waals surface area contributed by atoms with Crippen LogP contribution < -0.4 is 10.1 Å². The number of aryl methyl sites for hydroxylation is 1. The molecule has 0 radical (unpaired) electrons. The number of pyridine rings is 1. The molecule has 0 aliphatic carbocycles. The summed E-state index contributed by atoms with van der Waals surface area (Å²) in [7, 11) is 0. The summed E-state index contributed by atoms with van der Waals surface area (Å²) in [5.74, 6) is -0.481. The summed E-state index contributed by atoms with van der Waals surface area (Å²) >= 11 is 1.32. The standard InChI is InChI=1S/C21H18F4N2O2S/c1-3-30-20-18(19(28)26-11-13-4-6-14(22)7-5-13)12(2)16-9-8-15(10-17(16)27-20)29-21(23,24)25/h4-10H,3,11H2,1-2H3,(H,26,28). The Hall–Kier alpha value is -2.81. The van der Waals surface area contributed by atoms with Crippen LogP contribution in [0.2, 0.25) is 0 Å². The molecule has 3 aromatic rings. The molecule has 0 fully saturated rings. The molecular formula is C21H18F4N2O2S. The molecule has 0 saturated carbocycles. The number of nitrogens with zero attached hydrogens (tertiary/aromatic N) is 1. The second-order valence-electron chi connectivity index (χ2n) is 6.39. The van der Waals surface area contributed by atoms with Gasteiger partial charge in [0, 0.05) is 18.0 Å². The van der Waals surface area contributed by atoms with E-state index in [-0.39, 0.29) is 24.0 Å². The maximum atomic E-state index is 13.0. The number of carbonyl (C=O) groups is 1. The van der Waals surface area contributed by atoms with Crippen LogP contribution in [0.3, 0.4) is 0 Å². The van der Waals surface area contributed by atoms with Crippen molar-refractivity contribution in [3.63, 3.8) is 0 Å². The molecule has 0 unspecified atom stereocenters. The maximum absolute atomic E-state index is 13.0. The van der Waals surface area contributed by atoms with Crippen LogP contribution in [-0.4, -0.2) is 23.0 Å². The Bertz CT molecular complexity index is 1070. The number of thioether (sulfide) groups is 1. The molecule has 2 aromatic carbocycles. The van der Waals surface area contributed by atoms with E-state index < -0.39 is 6.36 Å². The van der Waals surface area contributed by atoms with Crippen molar-refractivity contribution >= 4 is 28.6 Å². The quantitative estimate of drug-likeness (QED) is 0.401. The number of aromatic nitrogens is 1. The van der Waals surface area contributed by atoms with Crippen LogP contribution in [0.25, 0.3) is 10.9 Å². The zero-order valence-corrected chi connectivity index (χ0v) is 17.0. The lowest BCUT2D eigenvalue weighted by molar-refractivity contribution is -0.274. The average molecular weight is 438 g/mol. The van der Waals surface area contributed by atoms with E-state index in [0.717, 1.165) is 5.56 Å². The predicted octanol–water partition coefficient (Wildman–Crippen LogP) is 5.62. The molecule has 1 aromatic heterocycles. The summed E-state index contributed by atoms with van der Waals surface area (Å²) in [4.78, 5) is 17.3.